The molecule has 162 valence electrons. The highest BCUT2D eigenvalue weighted by molar-refractivity contribution is 7.91. The predicted octanol–water partition coefficient (Wildman–Crippen LogP) is 4.00. The second-order valence-electron chi connectivity index (χ2n) is 8.25. The first-order chi connectivity index (χ1) is 14.3. The number of rotatable bonds is 5. The molecule has 1 unspecified atom stereocenters. The molecule has 0 aliphatic carbocycles. The number of aryl methyl sites for hydroxylation is 2. The third-order valence-electron chi connectivity index (χ3n) is 5.98. The zero-order chi connectivity index (χ0) is 21.3. The predicted molar refractivity (Wildman–Crippen MR) is 122 cm³/mol. The fourth-order valence-corrected chi connectivity index (χ4v) is 7.30. The van der Waals surface area contributed by atoms with E-state index in [4.69, 9.17) is 0 Å². The number of anilines is 2. The Hall–Kier alpha value is -1.90. The smallest absolute Gasteiger partial charge is 0.252 e. The van der Waals surface area contributed by atoms with Gasteiger partial charge in [-0.3, -0.25) is 4.79 Å². The first kappa shape index (κ1) is 21.3. The maximum Gasteiger partial charge on any atom is 0.252 e. The Morgan fingerprint density at radius 2 is 1.83 bits per heavy atom. The van der Waals surface area contributed by atoms with Crippen LogP contribution < -0.4 is 10.2 Å². The summed E-state index contributed by atoms with van der Waals surface area (Å²) in [6, 6.07) is 9.51. The molecule has 6 nitrogen and oxygen atoms in total. The molecule has 0 bridgehead atoms. The minimum atomic E-state index is -3.54. The minimum absolute atomic E-state index is 0.106. The first-order valence-electron chi connectivity index (χ1n) is 10.6. The Morgan fingerprint density at radius 1 is 1.07 bits per heavy atom. The van der Waals surface area contributed by atoms with Crippen LogP contribution in [0, 0.1) is 19.8 Å². The number of hydrogen-bond acceptors (Lipinski definition) is 5. The van der Waals surface area contributed by atoms with Gasteiger partial charge >= 0.3 is 0 Å². The molecular formula is C22H29N3O3S2. The molecule has 0 spiro atoms. The van der Waals surface area contributed by atoms with Crippen molar-refractivity contribution in [1.82, 2.24) is 4.31 Å². The van der Waals surface area contributed by atoms with E-state index >= 15 is 0 Å². The molecule has 2 aliphatic rings. The maximum absolute atomic E-state index is 12.9. The van der Waals surface area contributed by atoms with Crippen molar-refractivity contribution in [2.24, 2.45) is 5.92 Å². The number of thiophene rings is 1. The van der Waals surface area contributed by atoms with Crippen molar-refractivity contribution in [2.45, 2.75) is 43.7 Å². The van der Waals surface area contributed by atoms with Crippen LogP contribution >= 0.6 is 11.3 Å². The van der Waals surface area contributed by atoms with Gasteiger partial charge in [-0.15, -0.1) is 11.3 Å². The van der Waals surface area contributed by atoms with Gasteiger partial charge in [-0.25, -0.2) is 8.42 Å². The summed E-state index contributed by atoms with van der Waals surface area (Å²) in [6.45, 7) is 6.84. The minimum Gasteiger partial charge on any atom is -0.371 e. The Bertz CT molecular complexity index is 1030. The monoisotopic (exact) mass is 447 g/mol. The van der Waals surface area contributed by atoms with Crippen LogP contribution in [0.25, 0.3) is 0 Å². The number of benzene rings is 1. The van der Waals surface area contributed by atoms with Gasteiger partial charge in [0.15, 0.2) is 0 Å². The molecule has 2 saturated heterocycles. The topological polar surface area (TPSA) is 69.7 Å². The zero-order valence-corrected chi connectivity index (χ0v) is 19.2. The van der Waals surface area contributed by atoms with E-state index in [1.165, 1.54) is 34.2 Å². The van der Waals surface area contributed by atoms with E-state index in [-0.39, 0.29) is 18.4 Å². The Morgan fingerprint density at radius 3 is 2.50 bits per heavy atom. The highest BCUT2D eigenvalue weighted by atomic mass is 32.2. The van der Waals surface area contributed by atoms with Crippen LogP contribution in [0.1, 0.15) is 36.1 Å². The van der Waals surface area contributed by atoms with E-state index in [0.717, 1.165) is 29.2 Å². The Balaban J connectivity index is 1.43. The summed E-state index contributed by atoms with van der Waals surface area (Å²) in [5.41, 5.74) is 3.15. The quantitative estimate of drug-likeness (QED) is 0.752. The van der Waals surface area contributed by atoms with E-state index < -0.39 is 10.0 Å². The number of nitrogens with zero attached hydrogens (tertiary/aromatic N) is 2. The molecule has 2 aromatic rings. The average Bonchev–Trinajstić information content (AvgIpc) is 3.40. The van der Waals surface area contributed by atoms with Crippen molar-refractivity contribution in [3.63, 3.8) is 0 Å². The number of piperidine rings is 1. The Kier molecular flexibility index (Phi) is 6.18. The summed E-state index contributed by atoms with van der Waals surface area (Å²) in [4.78, 5) is 16.2. The maximum atomic E-state index is 12.9. The van der Waals surface area contributed by atoms with E-state index in [1.54, 1.807) is 6.07 Å². The summed E-state index contributed by atoms with van der Waals surface area (Å²) in [5.74, 6) is -0.446. The van der Waals surface area contributed by atoms with Gasteiger partial charge in [0.25, 0.3) is 10.0 Å². The highest BCUT2D eigenvalue weighted by Gasteiger charge is 2.34. The van der Waals surface area contributed by atoms with Crippen molar-refractivity contribution < 1.29 is 13.2 Å². The zero-order valence-electron chi connectivity index (χ0n) is 17.6. The molecule has 8 heteroatoms. The molecular weight excluding hydrogens is 418 g/mol. The largest absolute Gasteiger partial charge is 0.371 e. The molecule has 1 aromatic carbocycles. The van der Waals surface area contributed by atoms with Gasteiger partial charge in [0.2, 0.25) is 5.91 Å². The van der Waals surface area contributed by atoms with Crippen LogP contribution in [-0.2, 0) is 14.8 Å². The number of nitrogens with one attached hydrogen (secondary N) is 1. The first-order valence-corrected chi connectivity index (χ1v) is 12.8. The highest BCUT2D eigenvalue weighted by Crippen LogP contribution is 2.30. The molecule has 2 fully saturated rings. The van der Waals surface area contributed by atoms with E-state index in [0.29, 0.717) is 23.6 Å². The molecule has 1 atom stereocenters. The molecule has 4 rings (SSSR count). The standard InChI is InChI=1S/C22H29N3O3S2/c1-16-14-19(8-9-20(16)24-11-3-4-12-24)23-22(26)18-6-5-13-25(15-18)30(27,28)21-10-7-17(2)29-21/h7-10,14,18H,3-6,11-13,15H2,1-2H3,(H,23,26). The third-order valence-corrected chi connectivity index (χ3v) is 9.31. The van der Waals surface area contributed by atoms with Gasteiger partial charge in [-0.2, -0.15) is 4.31 Å². The van der Waals surface area contributed by atoms with Crippen molar-refractivity contribution in [3.8, 4) is 0 Å². The van der Waals surface area contributed by atoms with Crippen LogP contribution in [0.5, 0.6) is 0 Å². The van der Waals surface area contributed by atoms with Crippen LogP contribution in [0.15, 0.2) is 34.5 Å². The summed E-state index contributed by atoms with van der Waals surface area (Å²) < 4.78 is 27.7. The lowest BCUT2D eigenvalue weighted by molar-refractivity contribution is -0.120. The number of amides is 1. The molecule has 2 aliphatic heterocycles. The van der Waals surface area contributed by atoms with Crippen molar-refractivity contribution in [2.75, 3.05) is 36.4 Å². The van der Waals surface area contributed by atoms with Crippen LogP contribution in [0.3, 0.4) is 0 Å². The van der Waals surface area contributed by atoms with E-state index in [1.807, 2.05) is 25.1 Å². The summed E-state index contributed by atoms with van der Waals surface area (Å²) >= 11 is 1.28. The molecule has 1 amide bonds. The number of carbonyl (C=O) groups excluding carboxylic acids is 1. The van der Waals surface area contributed by atoms with Crippen LogP contribution in [-0.4, -0.2) is 44.8 Å². The second kappa shape index (κ2) is 8.69. The van der Waals surface area contributed by atoms with Gasteiger partial charge in [0.1, 0.15) is 4.21 Å². The summed E-state index contributed by atoms with van der Waals surface area (Å²) in [6.07, 6.45) is 3.84. The molecule has 30 heavy (non-hydrogen) atoms. The van der Waals surface area contributed by atoms with Gasteiger partial charge in [0.05, 0.1) is 5.92 Å². The third kappa shape index (κ3) is 4.40. The lowest BCUT2D eigenvalue weighted by atomic mass is 9.98. The molecule has 1 aromatic heterocycles. The van der Waals surface area contributed by atoms with Crippen LogP contribution in [0.2, 0.25) is 0 Å². The van der Waals surface area contributed by atoms with Crippen molar-refractivity contribution >= 4 is 38.6 Å². The number of carbonyl (C=O) groups is 1. The normalized spacial score (nSPS) is 20.5. The second-order valence-corrected chi connectivity index (χ2v) is 11.7. The molecule has 1 N–H and O–H groups in total. The van der Waals surface area contributed by atoms with Crippen molar-refractivity contribution in [1.29, 1.82) is 0 Å². The summed E-state index contributed by atoms with van der Waals surface area (Å²) in [5, 5.41) is 3.01. The fraction of sp³-hybridized carbons (Fsp3) is 0.500. The van der Waals surface area contributed by atoms with Gasteiger partial charge < -0.3 is 10.2 Å². The lowest BCUT2D eigenvalue weighted by Gasteiger charge is -2.31. The molecule has 0 saturated carbocycles. The van der Waals surface area contributed by atoms with Crippen LogP contribution in [0.4, 0.5) is 11.4 Å². The summed E-state index contributed by atoms with van der Waals surface area (Å²) in [7, 11) is -3.54. The van der Waals surface area contributed by atoms with Gasteiger partial charge in [-0.05, 0) is 75.4 Å². The fourth-order valence-electron chi connectivity index (χ4n) is 4.34. The number of sulfonamides is 1. The average molecular weight is 448 g/mol. The molecule has 3 heterocycles. The Labute approximate surface area is 182 Å². The lowest BCUT2D eigenvalue weighted by Crippen LogP contribution is -2.43. The van der Waals surface area contributed by atoms with Gasteiger partial charge in [-0.1, -0.05) is 0 Å². The van der Waals surface area contributed by atoms with Gasteiger partial charge in [0, 0.05) is 42.4 Å². The van der Waals surface area contributed by atoms with E-state index in [2.05, 4.69) is 23.2 Å². The van der Waals surface area contributed by atoms with Crippen molar-refractivity contribution in [3.05, 3.63) is 40.8 Å². The SMILES string of the molecule is Cc1ccc(S(=O)(=O)N2CCCC(C(=O)Nc3ccc(N4CCCC4)c(C)c3)C2)s1. The molecule has 0 radical (unpaired) electrons. The van der Waals surface area contributed by atoms with E-state index in [9.17, 15) is 13.2 Å². The number of hydrogen-bond donors (Lipinski definition) is 1.